The Morgan fingerprint density at radius 3 is 2.81 bits per heavy atom. The third-order valence-electron chi connectivity index (χ3n) is 3.95. The van der Waals surface area contributed by atoms with Crippen LogP contribution in [0.1, 0.15) is 17.1 Å². The summed E-state index contributed by atoms with van der Waals surface area (Å²) >= 11 is 0. The summed E-state index contributed by atoms with van der Waals surface area (Å²) in [5, 5.41) is 6.42. The summed E-state index contributed by atoms with van der Waals surface area (Å²) in [7, 11) is 0. The van der Waals surface area contributed by atoms with Crippen molar-refractivity contribution in [3.8, 4) is 11.4 Å². The van der Waals surface area contributed by atoms with Crippen LogP contribution in [0.4, 0.5) is 5.69 Å². The van der Waals surface area contributed by atoms with Crippen LogP contribution < -0.4 is 11.1 Å². The number of anilines is 1. The molecule has 1 amide bonds. The Labute approximate surface area is 156 Å². The molecule has 138 valence electrons. The third kappa shape index (κ3) is 4.18. The second-order valence-corrected chi connectivity index (χ2v) is 5.84. The molecule has 8 nitrogen and oxygen atoms in total. The minimum absolute atomic E-state index is 0.207. The Morgan fingerprint density at radius 2 is 2.11 bits per heavy atom. The number of hydrogen-bond acceptors (Lipinski definition) is 6. The van der Waals surface area contributed by atoms with E-state index in [0.29, 0.717) is 18.1 Å². The number of fused-ring (bicyclic) bond motifs is 1. The summed E-state index contributed by atoms with van der Waals surface area (Å²) in [5.74, 6) is 0.838. The van der Waals surface area contributed by atoms with E-state index in [1.165, 1.54) is 5.69 Å². The van der Waals surface area contributed by atoms with Gasteiger partial charge in [-0.15, -0.1) is 0 Å². The SMILES string of the molecule is Cc1ccc(-c2noc(CN)n2)cc1NC=O.Cc1cnc2ccccn12. The molecule has 0 atom stereocenters. The highest BCUT2D eigenvalue weighted by Gasteiger charge is 2.09. The largest absolute Gasteiger partial charge is 0.338 e. The third-order valence-corrected chi connectivity index (χ3v) is 3.95. The number of benzene rings is 1. The van der Waals surface area contributed by atoms with Gasteiger partial charge >= 0.3 is 0 Å². The van der Waals surface area contributed by atoms with Gasteiger partial charge in [0.2, 0.25) is 18.1 Å². The lowest BCUT2D eigenvalue weighted by molar-refractivity contribution is -0.105. The Bertz CT molecular complexity index is 1050. The number of imidazole rings is 1. The minimum Gasteiger partial charge on any atom is -0.338 e. The van der Waals surface area contributed by atoms with Crippen molar-refractivity contribution in [2.75, 3.05) is 5.32 Å². The molecule has 0 bridgehead atoms. The molecule has 0 saturated carbocycles. The molecule has 0 radical (unpaired) electrons. The van der Waals surface area contributed by atoms with Crippen molar-refractivity contribution in [3.05, 3.63) is 65.9 Å². The lowest BCUT2D eigenvalue weighted by Crippen LogP contribution is -1.97. The van der Waals surface area contributed by atoms with Gasteiger partial charge < -0.3 is 20.0 Å². The molecule has 0 saturated heterocycles. The van der Waals surface area contributed by atoms with Crippen molar-refractivity contribution in [2.24, 2.45) is 5.73 Å². The highest BCUT2D eigenvalue weighted by molar-refractivity contribution is 5.76. The van der Waals surface area contributed by atoms with Crippen LogP contribution >= 0.6 is 0 Å². The minimum atomic E-state index is 0.207. The zero-order valence-electron chi connectivity index (χ0n) is 15.1. The molecule has 0 aliphatic heterocycles. The van der Waals surface area contributed by atoms with Crippen LogP contribution in [-0.2, 0) is 11.3 Å². The zero-order valence-corrected chi connectivity index (χ0v) is 15.1. The van der Waals surface area contributed by atoms with Crippen molar-refractivity contribution in [3.63, 3.8) is 0 Å². The van der Waals surface area contributed by atoms with Gasteiger partial charge in [0, 0.05) is 29.3 Å². The molecule has 0 spiro atoms. The standard InChI is InChI=1S/C11H12N4O2.C8H8N2/c1-7-2-3-8(4-9(7)13-6-16)11-14-10(5-12)17-15-11;1-7-6-9-8-4-2-3-5-10(7)8/h2-4,6H,5,12H2,1H3,(H,13,16);2-6H,1H3. The fourth-order valence-corrected chi connectivity index (χ4v) is 2.49. The average Bonchev–Trinajstić information content (AvgIpc) is 3.32. The van der Waals surface area contributed by atoms with E-state index >= 15 is 0 Å². The number of carbonyl (C=O) groups excluding carboxylic acids is 1. The number of nitrogens with zero attached hydrogens (tertiary/aromatic N) is 4. The summed E-state index contributed by atoms with van der Waals surface area (Å²) in [5.41, 5.74) is 10.0. The molecular weight excluding hydrogens is 344 g/mol. The monoisotopic (exact) mass is 364 g/mol. The Balaban J connectivity index is 0.000000177. The first-order valence-electron chi connectivity index (χ1n) is 8.35. The number of hydrogen-bond donors (Lipinski definition) is 2. The molecule has 0 aliphatic rings. The molecule has 27 heavy (non-hydrogen) atoms. The molecule has 3 heterocycles. The summed E-state index contributed by atoms with van der Waals surface area (Å²) in [6.45, 7) is 4.15. The Kier molecular flexibility index (Phi) is 5.58. The Morgan fingerprint density at radius 1 is 1.26 bits per heavy atom. The number of amides is 1. The highest BCUT2D eigenvalue weighted by Crippen LogP contribution is 2.23. The van der Waals surface area contributed by atoms with Crippen LogP contribution in [0, 0.1) is 13.8 Å². The van der Waals surface area contributed by atoms with Gasteiger partial charge in [0.15, 0.2) is 0 Å². The summed E-state index contributed by atoms with van der Waals surface area (Å²) in [6, 6.07) is 11.5. The first-order chi connectivity index (χ1) is 13.1. The summed E-state index contributed by atoms with van der Waals surface area (Å²) < 4.78 is 6.98. The van der Waals surface area contributed by atoms with E-state index in [9.17, 15) is 4.79 Å². The lowest BCUT2D eigenvalue weighted by atomic mass is 10.1. The van der Waals surface area contributed by atoms with Gasteiger partial charge in [0.1, 0.15) is 5.65 Å². The fraction of sp³-hybridized carbons (Fsp3) is 0.158. The van der Waals surface area contributed by atoms with Crippen LogP contribution in [0.2, 0.25) is 0 Å². The van der Waals surface area contributed by atoms with Crippen LogP contribution in [0.5, 0.6) is 0 Å². The van der Waals surface area contributed by atoms with E-state index in [1.807, 2.05) is 56.6 Å². The second kappa shape index (κ2) is 8.24. The van der Waals surface area contributed by atoms with Crippen molar-refractivity contribution in [1.29, 1.82) is 0 Å². The number of pyridine rings is 1. The van der Waals surface area contributed by atoms with Crippen LogP contribution in [0.15, 0.2) is 53.3 Å². The van der Waals surface area contributed by atoms with E-state index in [0.717, 1.165) is 22.5 Å². The van der Waals surface area contributed by atoms with Gasteiger partial charge in [-0.2, -0.15) is 4.98 Å². The number of aromatic nitrogens is 4. The molecule has 1 aromatic carbocycles. The van der Waals surface area contributed by atoms with Gasteiger partial charge in [-0.25, -0.2) is 4.98 Å². The molecule has 3 N–H and O–H groups in total. The number of rotatable bonds is 4. The van der Waals surface area contributed by atoms with Gasteiger partial charge in [0.05, 0.1) is 6.54 Å². The molecule has 8 heteroatoms. The van der Waals surface area contributed by atoms with E-state index in [1.54, 1.807) is 6.07 Å². The van der Waals surface area contributed by atoms with E-state index < -0.39 is 0 Å². The predicted octanol–water partition coefficient (Wildman–Crippen LogP) is 2.71. The van der Waals surface area contributed by atoms with Gasteiger partial charge in [-0.05, 0) is 37.6 Å². The predicted molar refractivity (Wildman–Crippen MR) is 102 cm³/mol. The van der Waals surface area contributed by atoms with Crippen LogP contribution in [0.25, 0.3) is 17.0 Å². The van der Waals surface area contributed by atoms with Crippen LogP contribution in [-0.4, -0.2) is 25.9 Å². The van der Waals surface area contributed by atoms with E-state index in [-0.39, 0.29) is 6.54 Å². The average molecular weight is 364 g/mol. The van der Waals surface area contributed by atoms with Crippen molar-refractivity contribution in [2.45, 2.75) is 20.4 Å². The number of nitrogens with one attached hydrogen (secondary N) is 1. The molecule has 4 rings (SSSR count). The maximum absolute atomic E-state index is 10.4. The maximum Gasteiger partial charge on any atom is 0.240 e. The van der Waals surface area contributed by atoms with E-state index in [4.69, 9.17) is 10.3 Å². The molecule has 0 unspecified atom stereocenters. The molecule has 0 fully saturated rings. The topological polar surface area (TPSA) is 111 Å². The van der Waals surface area contributed by atoms with Gasteiger partial charge in [-0.1, -0.05) is 23.4 Å². The summed E-state index contributed by atoms with van der Waals surface area (Å²) in [6.07, 6.45) is 4.51. The first-order valence-corrected chi connectivity index (χ1v) is 8.35. The van der Waals surface area contributed by atoms with Gasteiger partial charge in [0.25, 0.3) is 0 Å². The normalized spacial score (nSPS) is 10.3. The molecule has 0 aliphatic carbocycles. The Hall–Kier alpha value is -3.52. The van der Waals surface area contributed by atoms with Crippen molar-refractivity contribution in [1.82, 2.24) is 19.5 Å². The van der Waals surface area contributed by atoms with Crippen molar-refractivity contribution >= 4 is 17.7 Å². The molecule has 3 aromatic heterocycles. The molecular formula is C19H20N6O2. The zero-order chi connectivity index (χ0) is 19.2. The summed E-state index contributed by atoms with van der Waals surface area (Å²) in [4.78, 5) is 18.7. The first kappa shape index (κ1) is 18.3. The van der Waals surface area contributed by atoms with E-state index in [2.05, 4.69) is 24.8 Å². The number of nitrogens with two attached hydrogens (primary N) is 1. The number of aryl methyl sites for hydroxylation is 2. The molecule has 4 aromatic rings. The fourth-order valence-electron chi connectivity index (χ4n) is 2.49. The maximum atomic E-state index is 10.4. The number of carbonyl (C=O) groups is 1. The van der Waals surface area contributed by atoms with Gasteiger partial charge in [-0.3, -0.25) is 4.79 Å². The quantitative estimate of drug-likeness (QED) is 0.539. The second-order valence-electron chi connectivity index (χ2n) is 5.84. The highest BCUT2D eigenvalue weighted by atomic mass is 16.5. The van der Waals surface area contributed by atoms with Crippen molar-refractivity contribution < 1.29 is 9.32 Å². The van der Waals surface area contributed by atoms with Crippen LogP contribution in [0.3, 0.4) is 0 Å². The smallest absolute Gasteiger partial charge is 0.240 e. The lowest BCUT2D eigenvalue weighted by Gasteiger charge is -2.04.